The van der Waals surface area contributed by atoms with Gasteiger partial charge in [0, 0.05) is 5.92 Å². The minimum Gasteiger partial charge on any atom is -0.303 e. The summed E-state index contributed by atoms with van der Waals surface area (Å²) >= 11 is 0. The topological polar surface area (TPSA) is 17.1 Å². The summed E-state index contributed by atoms with van der Waals surface area (Å²) in [6, 6.07) is 0. The van der Waals surface area contributed by atoms with Gasteiger partial charge >= 0.3 is 0 Å². The first-order chi connectivity index (χ1) is 6.29. The van der Waals surface area contributed by atoms with Crippen LogP contribution in [0.15, 0.2) is 23.3 Å². The molecular formula is C12H18O. The van der Waals surface area contributed by atoms with E-state index in [1.54, 1.807) is 0 Å². The lowest BCUT2D eigenvalue weighted by molar-refractivity contribution is -0.110. The van der Waals surface area contributed by atoms with Crippen molar-refractivity contribution in [1.82, 2.24) is 0 Å². The quantitative estimate of drug-likeness (QED) is 0.477. The first-order valence-electron chi connectivity index (χ1n) is 5.08. The minimum atomic E-state index is 0.210. The van der Waals surface area contributed by atoms with Gasteiger partial charge in [-0.15, -0.1) is 0 Å². The predicted octanol–water partition coefficient (Wildman–Crippen LogP) is 3.27. The lowest BCUT2D eigenvalue weighted by atomic mass is 9.99. The van der Waals surface area contributed by atoms with Crippen molar-refractivity contribution in [3.8, 4) is 0 Å². The van der Waals surface area contributed by atoms with Gasteiger partial charge in [-0.2, -0.15) is 0 Å². The largest absolute Gasteiger partial charge is 0.303 e. The molecule has 1 heteroatoms. The van der Waals surface area contributed by atoms with E-state index in [0.29, 0.717) is 0 Å². The normalized spacial score (nSPS) is 23.1. The monoisotopic (exact) mass is 178 g/mol. The highest BCUT2D eigenvalue weighted by atomic mass is 16.1. The molecule has 0 aromatic heterocycles. The van der Waals surface area contributed by atoms with Gasteiger partial charge in [0.15, 0.2) is 0 Å². The molecule has 1 rings (SSSR count). The smallest absolute Gasteiger partial charge is 0.127 e. The van der Waals surface area contributed by atoms with Gasteiger partial charge in [0.25, 0.3) is 0 Å². The van der Waals surface area contributed by atoms with Gasteiger partial charge in [-0.05, 0) is 32.6 Å². The Morgan fingerprint density at radius 2 is 2.23 bits per heavy atom. The average Bonchev–Trinajstić information content (AvgIpc) is 2.48. The van der Waals surface area contributed by atoms with E-state index in [2.05, 4.69) is 26.0 Å². The summed E-state index contributed by atoms with van der Waals surface area (Å²) in [5.41, 5.74) is 2.79. The number of hydrogen-bond acceptors (Lipinski definition) is 1. The standard InChI is InChI=1S/C12H18O/c1-3-4-5-6-12-10(2)7-8-11(12)9-13/h4-5,9,11H,3,6-8H2,1-2H3/b5-4-. The van der Waals surface area contributed by atoms with Crippen LogP contribution < -0.4 is 0 Å². The molecule has 0 bridgehead atoms. The van der Waals surface area contributed by atoms with Crippen molar-refractivity contribution in [2.24, 2.45) is 5.92 Å². The van der Waals surface area contributed by atoms with Gasteiger partial charge < -0.3 is 4.79 Å². The maximum Gasteiger partial charge on any atom is 0.127 e. The van der Waals surface area contributed by atoms with Gasteiger partial charge in [0.05, 0.1) is 0 Å². The Morgan fingerprint density at radius 3 is 2.85 bits per heavy atom. The number of rotatable bonds is 4. The number of carbonyl (C=O) groups is 1. The molecule has 1 aliphatic carbocycles. The van der Waals surface area contributed by atoms with Gasteiger partial charge in [-0.25, -0.2) is 0 Å². The molecule has 1 unspecified atom stereocenters. The lowest BCUT2D eigenvalue weighted by Crippen LogP contribution is -1.99. The van der Waals surface area contributed by atoms with E-state index in [9.17, 15) is 4.79 Å². The van der Waals surface area contributed by atoms with Crippen LogP contribution >= 0.6 is 0 Å². The number of carbonyl (C=O) groups excluding carboxylic acids is 1. The fraction of sp³-hybridized carbons (Fsp3) is 0.583. The molecule has 1 atom stereocenters. The van der Waals surface area contributed by atoms with Crippen LogP contribution in [0.2, 0.25) is 0 Å². The van der Waals surface area contributed by atoms with Crippen LogP contribution in [-0.4, -0.2) is 6.29 Å². The molecule has 72 valence electrons. The van der Waals surface area contributed by atoms with Crippen LogP contribution in [0.5, 0.6) is 0 Å². The molecule has 0 saturated carbocycles. The predicted molar refractivity (Wildman–Crippen MR) is 55.5 cm³/mol. The lowest BCUT2D eigenvalue weighted by Gasteiger charge is -2.05. The third kappa shape index (κ3) is 2.55. The summed E-state index contributed by atoms with van der Waals surface area (Å²) in [7, 11) is 0. The highest BCUT2D eigenvalue weighted by Crippen LogP contribution is 2.32. The van der Waals surface area contributed by atoms with Gasteiger partial charge in [-0.3, -0.25) is 0 Å². The van der Waals surface area contributed by atoms with Crippen molar-refractivity contribution in [1.29, 1.82) is 0 Å². The zero-order chi connectivity index (χ0) is 9.68. The van der Waals surface area contributed by atoms with Crippen LogP contribution in [0.4, 0.5) is 0 Å². The van der Waals surface area contributed by atoms with Crippen LogP contribution in [-0.2, 0) is 4.79 Å². The van der Waals surface area contributed by atoms with Crippen molar-refractivity contribution in [2.75, 3.05) is 0 Å². The molecule has 0 heterocycles. The summed E-state index contributed by atoms with van der Waals surface area (Å²) < 4.78 is 0. The molecule has 0 saturated heterocycles. The Hall–Kier alpha value is -0.850. The Balaban J connectivity index is 2.59. The molecule has 0 aliphatic heterocycles. The third-order valence-corrected chi connectivity index (χ3v) is 2.73. The first-order valence-corrected chi connectivity index (χ1v) is 5.08. The van der Waals surface area contributed by atoms with Crippen LogP contribution in [0, 0.1) is 5.92 Å². The van der Waals surface area contributed by atoms with Crippen molar-refractivity contribution < 1.29 is 4.79 Å². The van der Waals surface area contributed by atoms with Gasteiger partial charge in [0.2, 0.25) is 0 Å². The van der Waals surface area contributed by atoms with Crippen LogP contribution in [0.25, 0.3) is 0 Å². The second-order valence-corrected chi connectivity index (χ2v) is 3.67. The molecule has 13 heavy (non-hydrogen) atoms. The molecule has 0 aromatic carbocycles. The fourth-order valence-electron chi connectivity index (χ4n) is 1.88. The second-order valence-electron chi connectivity index (χ2n) is 3.67. The summed E-state index contributed by atoms with van der Waals surface area (Å²) in [4.78, 5) is 10.7. The highest BCUT2D eigenvalue weighted by molar-refractivity contribution is 5.61. The zero-order valence-electron chi connectivity index (χ0n) is 8.55. The number of allylic oxidation sites excluding steroid dienone is 4. The zero-order valence-corrected chi connectivity index (χ0v) is 8.55. The van der Waals surface area contributed by atoms with Crippen molar-refractivity contribution in [3.05, 3.63) is 23.3 Å². The molecular weight excluding hydrogens is 160 g/mol. The summed E-state index contributed by atoms with van der Waals surface area (Å²) in [5, 5.41) is 0. The van der Waals surface area contributed by atoms with Crippen LogP contribution in [0.3, 0.4) is 0 Å². The Labute approximate surface area is 80.5 Å². The van der Waals surface area contributed by atoms with Gasteiger partial charge in [-0.1, -0.05) is 30.2 Å². The van der Waals surface area contributed by atoms with Crippen molar-refractivity contribution >= 4 is 6.29 Å². The molecule has 0 N–H and O–H groups in total. The van der Waals surface area contributed by atoms with E-state index in [0.717, 1.165) is 32.0 Å². The van der Waals surface area contributed by atoms with E-state index in [-0.39, 0.29) is 5.92 Å². The Bertz CT molecular complexity index is 236. The SMILES string of the molecule is CC/C=C\CC1=C(C)CCC1C=O. The van der Waals surface area contributed by atoms with Crippen molar-refractivity contribution in [3.63, 3.8) is 0 Å². The van der Waals surface area contributed by atoms with Gasteiger partial charge in [0.1, 0.15) is 6.29 Å². The van der Waals surface area contributed by atoms with E-state index in [4.69, 9.17) is 0 Å². The third-order valence-electron chi connectivity index (χ3n) is 2.73. The molecule has 0 amide bonds. The van der Waals surface area contributed by atoms with E-state index < -0.39 is 0 Å². The first kappa shape index (κ1) is 10.2. The Morgan fingerprint density at radius 1 is 1.46 bits per heavy atom. The molecule has 1 nitrogen and oxygen atoms in total. The number of hydrogen-bond donors (Lipinski definition) is 0. The second kappa shape index (κ2) is 5.00. The van der Waals surface area contributed by atoms with Crippen LogP contribution in [0.1, 0.15) is 39.5 Å². The van der Waals surface area contributed by atoms with E-state index in [1.807, 2.05) is 0 Å². The molecule has 0 spiro atoms. The maximum atomic E-state index is 10.7. The van der Waals surface area contributed by atoms with E-state index >= 15 is 0 Å². The summed E-state index contributed by atoms with van der Waals surface area (Å²) in [5.74, 6) is 0.210. The molecule has 0 fully saturated rings. The minimum absolute atomic E-state index is 0.210. The van der Waals surface area contributed by atoms with Crippen molar-refractivity contribution in [2.45, 2.75) is 39.5 Å². The highest BCUT2D eigenvalue weighted by Gasteiger charge is 2.20. The Kier molecular flexibility index (Phi) is 3.94. The number of aldehydes is 1. The fourth-order valence-corrected chi connectivity index (χ4v) is 1.88. The summed E-state index contributed by atoms with van der Waals surface area (Å²) in [6.07, 6.45) is 9.65. The maximum absolute atomic E-state index is 10.7. The average molecular weight is 178 g/mol. The summed E-state index contributed by atoms with van der Waals surface area (Å²) in [6.45, 7) is 4.28. The van der Waals surface area contributed by atoms with E-state index in [1.165, 1.54) is 11.1 Å². The molecule has 0 aromatic rings. The molecule has 0 radical (unpaired) electrons. The molecule has 1 aliphatic rings.